The van der Waals surface area contributed by atoms with E-state index in [1.165, 1.54) is 10.4 Å². The van der Waals surface area contributed by atoms with Crippen molar-refractivity contribution in [2.24, 2.45) is 0 Å². The van der Waals surface area contributed by atoms with Crippen molar-refractivity contribution < 1.29 is 0 Å². The van der Waals surface area contributed by atoms with E-state index in [1.54, 1.807) is 11.3 Å². The van der Waals surface area contributed by atoms with Crippen molar-refractivity contribution in [3.8, 4) is 0 Å². The molecule has 1 nitrogen and oxygen atoms in total. The Balaban J connectivity index is 1.79. The van der Waals surface area contributed by atoms with Crippen LogP contribution in [-0.4, -0.2) is 6.54 Å². The van der Waals surface area contributed by atoms with Crippen LogP contribution in [0.3, 0.4) is 0 Å². The van der Waals surface area contributed by atoms with E-state index < -0.39 is 0 Å². The summed E-state index contributed by atoms with van der Waals surface area (Å²) in [5.41, 5.74) is 1.33. The van der Waals surface area contributed by atoms with Crippen LogP contribution in [0.15, 0.2) is 42.5 Å². The second kappa shape index (κ2) is 6.20. The molecule has 2 aromatic rings. The molecule has 0 amide bonds. The smallest absolute Gasteiger partial charge is 0.0931 e. The van der Waals surface area contributed by atoms with Crippen LogP contribution in [-0.2, 0) is 6.42 Å². The van der Waals surface area contributed by atoms with Crippen molar-refractivity contribution in [3.05, 3.63) is 57.2 Å². The van der Waals surface area contributed by atoms with Crippen LogP contribution in [0.4, 0.5) is 0 Å². The van der Waals surface area contributed by atoms with E-state index in [9.17, 15) is 0 Å². The Labute approximate surface area is 111 Å². The van der Waals surface area contributed by atoms with Crippen LogP contribution in [0.25, 0.3) is 0 Å². The maximum Gasteiger partial charge on any atom is 0.0931 e. The fraction of sp³-hybridized carbons (Fsp3) is 0.286. The first-order chi connectivity index (χ1) is 8.25. The molecule has 0 spiro atoms. The van der Waals surface area contributed by atoms with E-state index in [0.717, 1.165) is 17.3 Å². The van der Waals surface area contributed by atoms with Crippen molar-refractivity contribution in [2.75, 3.05) is 6.54 Å². The SMILES string of the molecule is CC(NCCc1ccc(Cl)s1)c1ccccc1. The molecule has 1 aromatic carbocycles. The van der Waals surface area contributed by atoms with E-state index in [-0.39, 0.29) is 0 Å². The Kier molecular flexibility index (Phi) is 4.60. The molecule has 2 rings (SSSR count). The summed E-state index contributed by atoms with van der Waals surface area (Å²) in [6.45, 7) is 3.17. The van der Waals surface area contributed by atoms with Crippen LogP contribution in [0.1, 0.15) is 23.4 Å². The molecular weight excluding hydrogens is 250 g/mol. The first-order valence-corrected chi connectivity index (χ1v) is 6.97. The topological polar surface area (TPSA) is 12.0 Å². The molecule has 0 radical (unpaired) electrons. The van der Waals surface area contributed by atoms with Gasteiger partial charge in [0.15, 0.2) is 0 Å². The summed E-state index contributed by atoms with van der Waals surface area (Å²) in [6.07, 6.45) is 1.04. The lowest BCUT2D eigenvalue weighted by molar-refractivity contribution is 0.578. The predicted octanol–water partition coefficient (Wildman–Crippen LogP) is 4.29. The van der Waals surface area contributed by atoms with Crippen molar-refractivity contribution in [1.82, 2.24) is 5.32 Å². The summed E-state index contributed by atoms with van der Waals surface area (Å²) < 4.78 is 0.871. The molecule has 1 heterocycles. The van der Waals surface area contributed by atoms with Gasteiger partial charge in [0, 0.05) is 17.5 Å². The van der Waals surface area contributed by atoms with Gasteiger partial charge in [-0.15, -0.1) is 11.3 Å². The molecule has 1 aromatic heterocycles. The van der Waals surface area contributed by atoms with Crippen molar-refractivity contribution in [2.45, 2.75) is 19.4 Å². The van der Waals surface area contributed by atoms with E-state index in [4.69, 9.17) is 11.6 Å². The zero-order valence-electron chi connectivity index (χ0n) is 9.82. The van der Waals surface area contributed by atoms with E-state index in [0.29, 0.717) is 6.04 Å². The Morgan fingerprint density at radius 1 is 1.18 bits per heavy atom. The normalized spacial score (nSPS) is 12.6. The van der Waals surface area contributed by atoms with Crippen LogP contribution in [0, 0.1) is 0 Å². The lowest BCUT2D eigenvalue weighted by Gasteiger charge is -2.13. The highest BCUT2D eigenvalue weighted by Crippen LogP contribution is 2.21. The van der Waals surface area contributed by atoms with E-state index >= 15 is 0 Å². The van der Waals surface area contributed by atoms with Gasteiger partial charge >= 0.3 is 0 Å². The van der Waals surface area contributed by atoms with Gasteiger partial charge in [-0.2, -0.15) is 0 Å². The van der Waals surface area contributed by atoms with Gasteiger partial charge in [0.25, 0.3) is 0 Å². The minimum atomic E-state index is 0.395. The van der Waals surface area contributed by atoms with Crippen LogP contribution >= 0.6 is 22.9 Å². The standard InChI is InChI=1S/C14H16ClNS/c1-11(12-5-3-2-4-6-12)16-10-9-13-7-8-14(15)17-13/h2-8,11,16H,9-10H2,1H3. The Morgan fingerprint density at radius 3 is 2.59 bits per heavy atom. The molecule has 0 aliphatic rings. The number of thiophene rings is 1. The van der Waals surface area contributed by atoms with Crippen molar-refractivity contribution in [3.63, 3.8) is 0 Å². The quantitative estimate of drug-likeness (QED) is 0.850. The second-order valence-corrected chi connectivity index (χ2v) is 5.84. The fourth-order valence-electron chi connectivity index (χ4n) is 1.76. The molecule has 1 N–H and O–H groups in total. The molecule has 17 heavy (non-hydrogen) atoms. The Bertz CT molecular complexity index is 452. The highest BCUT2D eigenvalue weighted by atomic mass is 35.5. The molecular formula is C14H16ClNS. The van der Waals surface area contributed by atoms with Gasteiger partial charge in [-0.1, -0.05) is 41.9 Å². The number of hydrogen-bond acceptors (Lipinski definition) is 2. The van der Waals surface area contributed by atoms with Crippen molar-refractivity contribution in [1.29, 1.82) is 0 Å². The molecule has 3 heteroatoms. The van der Waals surface area contributed by atoms with Gasteiger partial charge in [0.05, 0.1) is 4.34 Å². The maximum absolute atomic E-state index is 5.90. The minimum Gasteiger partial charge on any atom is -0.310 e. The zero-order chi connectivity index (χ0) is 12.1. The Hall–Kier alpha value is -0.830. The molecule has 0 aliphatic heterocycles. The van der Waals surface area contributed by atoms with E-state index in [1.807, 2.05) is 12.1 Å². The number of hydrogen-bond donors (Lipinski definition) is 1. The molecule has 90 valence electrons. The highest BCUT2D eigenvalue weighted by molar-refractivity contribution is 7.16. The lowest BCUT2D eigenvalue weighted by Crippen LogP contribution is -2.20. The monoisotopic (exact) mass is 265 g/mol. The van der Waals surface area contributed by atoms with Crippen LogP contribution in [0.2, 0.25) is 4.34 Å². The van der Waals surface area contributed by atoms with Gasteiger partial charge in [0.1, 0.15) is 0 Å². The van der Waals surface area contributed by atoms with Crippen LogP contribution in [0.5, 0.6) is 0 Å². The second-order valence-electron chi connectivity index (χ2n) is 4.04. The average molecular weight is 266 g/mol. The van der Waals surface area contributed by atoms with Crippen molar-refractivity contribution >= 4 is 22.9 Å². The van der Waals surface area contributed by atoms with Gasteiger partial charge in [-0.25, -0.2) is 0 Å². The number of nitrogens with one attached hydrogen (secondary N) is 1. The van der Waals surface area contributed by atoms with Crippen LogP contribution < -0.4 is 5.32 Å². The predicted molar refractivity (Wildman–Crippen MR) is 75.9 cm³/mol. The highest BCUT2D eigenvalue weighted by Gasteiger charge is 2.04. The Morgan fingerprint density at radius 2 is 1.94 bits per heavy atom. The molecule has 0 aliphatic carbocycles. The third-order valence-electron chi connectivity index (χ3n) is 2.75. The minimum absolute atomic E-state index is 0.395. The van der Waals surface area contributed by atoms with Gasteiger partial charge in [-0.05, 0) is 31.0 Å². The molecule has 0 saturated carbocycles. The summed E-state index contributed by atoms with van der Waals surface area (Å²) in [5.74, 6) is 0. The summed E-state index contributed by atoms with van der Waals surface area (Å²) in [5, 5.41) is 3.52. The average Bonchev–Trinajstić information content (AvgIpc) is 2.76. The molecule has 0 bridgehead atoms. The molecule has 0 saturated heterocycles. The zero-order valence-corrected chi connectivity index (χ0v) is 11.4. The summed E-state index contributed by atoms with van der Waals surface area (Å²) in [6, 6.07) is 15.0. The first-order valence-electron chi connectivity index (χ1n) is 5.78. The third kappa shape index (κ3) is 3.84. The van der Waals surface area contributed by atoms with Gasteiger partial charge in [0.2, 0.25) is 0 Å². The van der Waals surface area contributed by atoms with Gasteiger partial charge in [-0.3, -0.25) is 0 Å². The third-order valence-corrected chi connectivity index (χ3v) is 4.04. The summed E-state index contributed by atoms with van der Waals surface area (Å²) in [7, 11) is 0. The summed E-state index contributed by atoms with van der Waals surface area (Å²) >= 11 is 7.56. The first kappa shape index (κ1) is 12.6. The molecule has 1 atom stereocenters. The van der Waals surface area contributed by atoms with E-state index in [2.05, 4.69) is 42.6 Å². The summed E-state index contributed by atoms with van der Waals surface area (Å²) in [4.78, 5) is 1.34. The molecule has 1 unspecified atom stereocenters. The number of benzene rings is 1. The maximum atomic E-state index is 5.90. The lowest BCUT2D eigenvalue weighted by atomic mass is 10.1. The fourth-order valence-corrected chi connectivity index (χ4v) is 2.84. The largest absolute Gasteiger partial charge is 0.310 e. The number of halogens is 1. The number of rotatable bonds is 5. The molecule has 0 fully saturated rings. The van der Waals surface area contributed by atoms with Gasteiger partial charge < -0.3 is 5.32 Å².